The molecule has 0 fully saturated rings. The molecule has 0 amide bonds. The minimum Gasteiger partial charge on any atom is -0.433 e. The van der Waals surface area contributed by atoms with Gasteiger partial charge in [-0.1, -0.05) is 30.3 Å². The van der Waals surface area contributed by atoms with Crippen LogP contribution in [0.2, 0.25) is 0 Å². The van der Waals surface area contributed by atoms with E-state index in [-0.39, 0.29) is 10.8 Å². The molecule has 0 rings (SSSR count). The van der Waals surface area contributed by atoms with Gasteiger partial charge in [-0.15, -0.1) is 0 Å². The number of ether oxygens (including phenoxy) is 1. The molecular formula is C8H9ClF2O. The second-order valence-corrected chi connectivity index (χ2v) is 2.30. The molecule has 1 nitrogen and oxygen atoms in total. The maximum atomic E-state index is 11.7. The van der Waals surface area contributed by atoms with Crippen molar-refractivity contribution >= 4 is 11.6 Å². The Morgan fingerprint density at radius 1 is 1.58 bits per heavy atom. The third-order valence-electron chi connectivity index (χ3n) is 0.923. The van der Waals surface area contributed by atoms with E-state index in [0.29, 0.717) is 0 Å². The standard InChI is InChI=1S/C8H9ClF2O/c1-3-4-5-7(6(2)9)12-8(10)11/h3-5,8H,2H2,1H3/b4-3-,7-5+. The zero-order valence-corrected chi connectivity index (χ0v) is 7.31. The van der Waals surface area contributed by atoms with E-state index in [1.807, 2.05) is 0 Å². The van der Waals surface area contributed by atoms with Crippen LogP contribution in [0, 0.1) is 0 Å². The van der Waals surface area contributed by atoms with E-state index in [0.717, 1.165) is 0 Å². The second kappa shape index (κ2) is 5.77. The summed E-state index contributed by atoms with van der Waals surface area (Å²) in [4.78, 5) is 0. The highest BCUT2D eigenvalue weighted by Crippen LogP contribution is 2.16. The van der Waals surface area contributed by atoms with Crippen molar-refractivity contribution in [1.29, 1.82) is 0 Å². The second-order valence-electron chi connectivity index (χ2n) is 1.84. The van der Waals surface area contributed by atoms with Gasteiger partial charge in [0.05, 0.1) is 5.03 Å². The predicted octanol–water partition coefficient (Wildman–Crippen LogP) is 3.44. The summed E-state index contributed by atoms with van der Waals surface area (Å²) in [5, 5.41) is -0.0478. The van der Waals surface area contributed by atoms with Crippen molar-refractivity contribution in [2.75, 3.05) is 0 Å². The number of hydrogen-bond acceptors (Lipinski definition) is 1. The molecular weight excluding hydrogens is 186 g/mol. The van der Waals surface area contributed by atoms with Crippen LogP contribution in [0.5, 0.6) is 0 Å². The molecule has 0 aliphatic rings. The smallest absolute Gasteiger partial charge is 0.387 e. The van der Waals surface area contributed by atoms with Crippen LogP contribution in [0.1, 0.15) is 6.92 Å². The predicted molar refractivity (Wildman–Crippen MR) is 45.0 cm³/mol. The normalized spacial score (nSPS) is 12.6. The number of alkyl halides is 2. The molecule has 68 valence electrons. The average Bonchev–Trinajstić information content (AvgIpc) is 1.96. The first-order valence-electron chi connectivity index (χ1n) is 3.20. The molecule has 4 heteroatoms. The molecule has 0 aromatic carbocycles. The van der Waals surface area contributed by atoms with E-state index in [1.165, 1.54) is 12.2 Å². The van der Waals surface area contributed by atoms with Crippen molar-refractivity contribution in [2.45, 2.75) is 13.5 Å². The van der Waals surface area contributed by atoms with Crippen LogP contribution in [0.25, 0.3) is 0 Å². The Hall–Kier alpha value is -0.830. The molecule has 0 aromatic rings. The molecule has 0 aliphatic carbocycles. The van der Waals surface area contributed by atoms with Crippen LogP contribution in [-0.2, 0) is 4.74 Å². The zero-order valence-electron chi connectivity index (χ0n) is 6.56. The molecule has 12 heavy (non-hydrogen) atoms. The highest BCUT2D eigenvalue weighted by molar-refractivity contribution is 6.31. The molecule has 0 saturated heterocycles. The van der Waals surface area contributed by atoms with Crippen LogP contribution in [0.15, 0.2) is 35.6 Å². The van der Waals surface area contributed by atoms with E-state index >= 15 is 0 Å². The van der Waals surface area contributed by atoms with E-state index in [2.05, 4.69) is 11.3 Å². The van der Waals surface area contributed by atoms with E-state index < -0.39 is 6.61 Å². The first-order valence-corrected chi connectivity index (χ1v) is 3.58. The fraction of sp³-hybridized carbons (Fsp3) is 0.250. The van der Waals surface area contributed by atoms with Gasteiger partial charge in [-0.05, 0) is 13.0 Å². The van der Waals surface area contributed by atoms with Crippen molar-refractivity contribution in [1.82, 2.24) is 0 Å². The molecule has 0 heterocycles. The van der Waals surface area contributed by atoms with Crippen LogP contribution >= 0.6 is 11.6 Å². The molecule has 0 spiro atoms. The minimum absolute atomic E-state index is 0.0478. The Morgan fingerprint density at radius 3 is 2.50 bits per heavy atom. The van der Waals surface area contributed by atoms with Crippen molar-refractivity contribution < 1.29 is 13.5 Å². The molecule has 0 aliphatic heterocycles. The van der Waals surface area contributed by atoms with Gasteiger partial charge in [-0.3, -0.25) is 0 Å². The third-order valence-corrected chi connectivity index (χ3v) is 1.11. The number of rotatable bonds is 4. The molecule has 0 saturated carbocycles. The minimum atomic E-state index is -2.88. The summed E-state index contributed by atoms with van der Waals surface area (Å²) >= 11 is 5.37. The van der Waals surface area contributed by atoms with Gasteiger partial charge in [-0.25, -0.2) is 0 Å². The molecule has 0 unspecified atom stereocenters. The van der Waals surface area contributed by atoms with Gasteiger partial charge in [0, 0.05) is 0 Å². The maximum absolute atomic E-state index is 11.7. The fourth-order valence-corrected chi connectivity index (χ4v) is 0.581. The van der Waals surface area contributed by atoms with E-state index in [1.54, 1.807) is 13.0 Å². The van der Waals surface area contributed by atoms with Crippen LogP contribution in [-0.4, -0.2) is 6.61 Å². The Labute approximate surface area is 75.0 Å². The van der Waals surface area contributed by atoms with Gasteiger partial charge < -0.3 is 4.74 Å². The van der Waals surface area contributed by atoms with Crippen molar-refractivity contribution in [2.24, 2.45) is 0 Å². The lowest BCUT2D eigenvalue weighted by Crippen LogP contribution is -1.98. The van der Waals surface area contributed by atoms with Gasteiger partial charge in [-0.2, -0.15) is 8.78 Å². The summed E-state index contributed by atoms with van der Waals surface area (Å²) < 4.78 is 27.4. The quantitative estimate of drug-likeness (QED) is 0.492. The van der Waals surface area contributed by atoms with Crippen molar-refractivity contribution in [3.05, 3.63) is 35.6 Å². The molecule has 0 radical (unpaired) electrons. The summed E-state index contributed by atoms with van der Waals surface area (Å²) in [5.74, 6) is -0.121. The zero-order chi connectivity index (χ0) is 9.56. The molecule has 0 aromatic heterocycles. The molecule has 0 N–H and O–H groups in total. The maximum Gasteiger partial charge on any atom is 0.387 e. The third kappa shape index (κ3) is 4.91. The number of halogens is 3. The molecule has 0 bridgehead atoms. The van der Waals surface area contributed by atoms with Crippen molar-refractivity contribution in [3.63, 3.8) is 0 Å². The summed E-state index contributed by atoms with van der Waals surface area (Å²) in [5.41, 5.74) is 0. The topological polar surface area (TPSA) is 9.23 Å². The first-order chi connectivity index (χ1) is 5.57. The lowest BCUT2D eigenvalue weighted by atomic mass is 10.4. The summed E-state index contributed by atoms with van der Waals surface area (Å²) in [6, 6.07) is 0. The Bertz CT molecular complexity index is 209. The largest absolute Gasteiger partial charge is 0.433 e. The highest BCUT2D eigenvalue weighted by Gasteiger charge is 2.07. The first kappa shape index (κ1) is 11.2. The average molecular weight is 195 g/mol. The fourth-order valence-electron chi connectivity index (χ4n) is 0.473. The summed E-state index contributed by atoms with van der Waals surface area (Å²) in [6.07, 6.45) is 4.52. The Kier molecular flexibility index (Phi) is 5.37. The summed E-state index contributed by atoms with van der Waals surface area (Å²) in [7, 11) is 0. The van der Waals surface area contributed by atoms with E-state index in [4.69, 9.17) is 11.6 Å². The van der Waals surface area contributed by atoms with Gasteiger partial charge in [0.2, 0.25) is 0 Å². The lowest BCUT2D eigenvalue weighted by molar-refractivity contribution is -0.0924. The van der Waals surface area contributed by atoms with Gasteiger partial charge in [0.1, 0.15) is 5.76 Å². The number of allylic oxidation sites excluding steroid dienone is 4. The Balaban J connectivity index is 4.33. The monoisotopic (exact) mass is 194 g/mol. The Morgan fingerprint density at radius 2 is 2.17 bits per heavy atom. The van der Waals surface area contributed by atoms with E-state index in [9.17, 15) is 8.78 Å². The lowest BCUT2D eigenvalue weighted by Gasteiger charge is -2.05. The van der Waals surface area contributed by atoms with Crippen LogP contribution in [0.4, 0.5) is 8.78 Å². The van der Waals surface area contributed by atoms with Crippen LogP contribution < -0.4 is 0 Å². The van der Waals surface area contributed by atoms with Gasteiger partial charge >= 0.3 is 6.61 Å². The SMILES string of the molecule is C=C(Cl)/C(=C\C=C/C)OC(F)F. The van der Waals surface area contributed by atoms with Gasteiger partial charge in [0.15, 0.2) is 0 Å². The van der Waals surface area contributed by atoms with Gasteiger partial charge in [0.25, 0.3) is 0 Å². The van der Waals surface area contributed by atoms with Crippen molar-refractivity contribution in [3.8, 4) is 0 Å². The summed E-state index contributed by atoms with van der Waals surface area (Å²) in [6.45, 7) is 2.13. The molecule has 0 atom stereocenters. The number of hydrogen-bond donors (Lipinski definition) is 0. The van der Waals surface area contributed by atoms with Crippen LogP contribution in [0.3, 0.4) is 0 Å². The highest BCUT2D eigenvalue weighted by atomic mass is 35.5.